The smallest absolute Gasteiger partial charge is 0.254 e. The van der Waals surface area contributed by atoms with Crippen molar-refractivity contribution < 1.29 is 4.39 Å². The molecule has 4 aromatic heterocycles. The molecule has 170 valence electrons. The molecule has 1 aliphatic heterocycles. The summed E-state index contributed by atoms with van der Waals surface area (Å²) in [4.78, 5) is 25.8. The summed E-state index contributed by atoms with van der Waals surface area (Å²) in [6.07, 6.45) is 7.09. The molecule has 5 heterocycles. The summed E-state index contributed by atoms with van der Waals surface area (Å²) < 4.78 is 18.1. The van der Waals surface area contributed by atoms with Crippen molar-refractivity contribution in [2.45, 2.75) is 25.3 Å². The lowest BCUT2D eigenvalue weighted by atomic mass is 10.1. The molecule has 2 N–H and O–H groups in total. The van der Waals surface area contributed by atoms with Crippen LogP contribution in [-0.2, 0) is 0 Å². The topological polar surface area (TPSA) is 136 Å². The molecule has 0 saturated carbocycles. The molecule has 1 aromatic carbocycles. The molecule has 6 rings (SSSR count). The fourth-order valence-electron chi connectivity index (χ4n) is 4.38. The molecule has 0 amide bonds. The number of H-pyrrole nitrogens is 2. The highest BCUT2D eigenvalue weighted by molar-refractivity contribution is 6.31. The molecule has 0 spiro atoms. The molecule has 34 heavy (non-hydrogen) atoms. The lowest BCUT2D eigenvalue weighted by Crippen LogP contribution is -2.25. The van der Waals surface area contributed by atoms with E-state index in [0.29, 0.717) is 23.8 Å². The van der Waals surface area contributed by atoms with Crippen LogP contribution < -0.4 is 5.56 Å². The van der Waals surface area contributed by atoms with E-state index >= 15 is 4.39 Å². The fourth-order valence-corrected chi connectivity index (χ4v) is 4.53. The summed E-state index contributed by atoms with van der Waals surface area (Å²) >= 11 is 6.06. The summed E-state index contributed by atoms with van der Waals surface area (Å²) in [5.74, 6) is 0.404. The number of fused-ring (bicyclic) bond motifs is 1. The number of aromatic amines is 2. The highest BCUT2D eigenvalue weighted by atomic mass is 35.5. The number of hydrogen-bond acceptors (Lipinski definition) is 7. The van der Waals surface area contributed by atoms with Crippen molar-refractivity contribution in [3.63, 3.8) is 0 Å². The van der Waals surface area contributed by atoms with Crippen molar-refractivity contribution in [2.75, 3.05) is 0 Å². The summed E-state index contributed by atoms with van der Waals surface area (Å²) in [5, 5.41) is 17.7. The molecule has 0 fully saturated rings. The van der Waals surface area contributed by atoms with Crippen LogP contribution in [0.25, 0.3) is 28.2 Å². The molecule has 0 saturated heterocycles. The molecular formula is C21H16ClFN10O. The van der Waals surface area contributed by atoms with Crippen LogP contribution in [0.2, 0.25) is 5.02 Å². The van der Waals surface area contributed by atoms with E-state index in [9.17, 15) is 4.79 Å². The van der Waals surface area contributed by atoms with Crippen LogP contribution in [0.3, 0.4) is 0 Å². The zero-order valence-electron chi connectivity index (χ0n) is 17.6. The van der Waals surface area contributed by atoms with Gasteiger partial charge in [0, 0.05) is 23.7 Å². The van der Waals surface area contributed by atoms with Gasteiger partial charge in [-0.25, -0.2) is 14.4 Å². The van der Waals surface area contributed by atoms with Crippen molar-refractivity contribution >= 4 is 11.6 Å². The summed E-state index contributed by atoms with van der Waals surface area (Å²) in [5.41, 5.74) is 1.86. The van der Waals surface area contributed by atoms with Crippen molar-refractivity contribution in [2.24, 2.45) is 0 Å². The van der Waals surface area contributed by atoms with Crippen LogP contribution in [0.15, 0.2) is 47.9 Å². The highest BCUT2D eigenvalue weighted by Crippen LogP contribution is 2.39. The van der Waals surface area contributed by atoms with Gasteiger partial charge in [-0.15, -0.1) is 5.10 Å². The van der Waals surface area contributed by atoms with Gasteiger partial charge in [-0.1, -0.05) is 18.5 Å². The minimum atomic E-state index is -0.704. The first kappa shape index (κ1) is 20.4. The van der Waals surface area contributed by atoms with Crippen LogP contribution in [-0.4, -0.2) is 49.9 Å². The van der Waals surface area contributed by atoms with Crippen LogP contribution in [0.5, 0.6) is 0 Å². The first-order valence-electron chi connectivity index (χ1n) is 10.4. The Labute approximate surface area is 195 Å². The van der Waals surface area contributed by atoms with Gasteiger partial charge in [0.2, 0.25) is 0 Å². The minimum Gasteiger partial charge on any atom is -0.340 e. The maximum atomic E-state index is 15.2. The fraction of sp³-hybridized carbons (Fsp3) is 0.190. The number of benzene rings is 1. The first-order valence-corrected chi connectivity index (χ1v) is 10.8. The van der Waals surface area contributed by atoms with E-state index in [0.717, 1.165) is 11.3 Å². The van der Waals surface area contributed by atoms with E-state index in [1.807, 2.05) is 6.92 Å². The van der Waals surface area contributed by atoms with Crippen LogP contribution >= 0.6 is 11.6 Å². The number of nitrogens with zero attached hydrogens (tertiary/aromatic N) is 8. The average Bonchev–Trinajstić information content (AvgIpc) is 3.62. The molecule has 11 nitrogen and oxygen atoms in total. The molecule has 0 bridgehead atoms. The largest absolute Gasteiger partial charge is 0.340 e. The maximum absolute atomic E-state index is 15.2. The second-order valence-corrected chi connectivity index (χ2v) is 8.45. The molecule has 0 radical (unpaired) electrons. The molecule has 0 aliphatic carbocycles. The normalized spacial score (nSPS) is 17.3. The third-order valence-electron chi connectivity index (χ3n) is 5.95. The van der Waals surface area contributed by atoms with Gasteiger partial charge in [-0.3, -0.25) is 14.5 Å². The lowest BCUT2D eigenvalue weighted by molar-refractivity contribution is 0.555. The van der Waals surface area contributed by atoms with Crippen LogP contribution in [0.1, 0.15) is 37.0 Å². The Hall–Kier alpha value is -4.19. The van der Waals surface area contributed by atoms with Crippen molar-refractivity contribution in [1.82, 2.24) is 49.9 Å². The van der Waals surface area contributed by atoms with Gasteiger partial charge in [0.1, 0.15) is 18.0 Å². The Bertz CT molecular complexity index is 1560. The number of tetrazole rings is 1. The Balaban J connectivity index is 1.47. The van der Waals surface area contributed by atoms with Gasteiger partial charge in [-0.2, -0.15) is 9.78 Å². The van der Waals surface area contributed by atoms with Crippen molar-refractivity contribution in [3.8, 4) is 28.2 Å². The molecule has 1 aliphatic rings. The van der Waals surface area contributed by atoms with Gasteiger partial charge in [0.25, 0.3) is 5.56 Å². The Morgan fingerprint density at radius 3 is 2.91 bits per heavy atom. The number of halogens is 2. The zero-order chi connectivity index (χ0) is 23.4. The average molecular weight is 479 g/mol. The van der Waals surface area contributed by atoms with E-state index in [1.54, 1.807) is 29.2 Å². The number of aromatic nitrogens is 10. The van der Waals surface area contributed by atoms with Gasteiger partial charge in [0.05, 0.1) is 46.1 Å². The summed E-state index contributed by atoms with van der Waals surface area (Å²) in [7, 11) is 0. The van der Waals surface area contributed by atoms with Gasteiger partial charge in [-0.05, 0) is 29.0 Å². The van der Waals surface area contributed by atoms with Crippen LogP contribution in [0.4, 0.5) is 4.39 Å². The lowest BCUT2D eigenvalue weighted by Gasteiger charge is -2.15. The first-order chi connectivity index (χ1) is 16.5. The molecule has 0 unspecified atom stereocenters. The van der Waals surface area contributed by atoms with Gasteiger partial charge < -0.3 is 4.98 Å². The van der Waals surface area contributed by atoms with Crippen LogP contribution in [0, 0.1) is 5.82 Å². The maximum Gasteiger partial charge on any atom is 0.254 e. The number of imidazole rings is 1. The quantitative estimate of drug-likeness (QED) is 0.405. The second-order valence-electron chi connectivity index (χ2n) is 8.04. The van der Waals surface area contributed by atoms with E-state index < -0.39 is 5.82 Å². The van der Waals surface area contributed by atoms with E-state index in [4.69, 9.17) is 16.6 Å². The molecular weight excluding hydrogens is 463 g/mol. The summed E-state index contributed by atoms with van der Waals surface area (Å²) in [6.45, 7) is 1.97. The zero-order valence-corrected chi connectivity index (χ0v) is 18.4. The number of hydrogen-bond donors (Lipinski definition) is 2. The third kappa shape index (κ3) is 3.14. The molecule has 2 atom stereocenters. The monoisotopic (exact) mass is 478 g/mol. The van der Waals surface area contributed by atoms with Crippen molar-refractivity contribution in [1.29, 1.82) is 0 Å². The number of rotatable bonds is 4. The minimum absolute atomic E-state index is 0.0520. The predicted molar refractivity (Wildman–Crippen MR) is 119 cm³/mol. The van der Waals surface area contributed by atoms with Gasteiger partial charge >= 0.3 is 0 Å². The van der Waals surface area contributed by atoms with Gasteiger partial charge in [0.15, 0.2) is 5.82 Å². The molecule has 13 heteroatoms. The standard InChI is InChI=1S/C21H16ClFN10O/c1-10-4-16(20-24-8-14(28-20)11-6-25-26-7-11)33-17(34)5-13(29-21(10)33)18-15(32-9-27-30-31-32)3-2-12(22)19(18)23/h2-3,5-10,16H,4H2,1H3,(H,24,28)(H,25,26)/t10-,16+/m0/s1. The Morgan fingerprint density at radius 2 is 2.15 bits per heavy atom. The second kappa shape index (κ2) is 7.70. The number of nitrogens with one attached hydrogen (secondary N) is 2. The molecule has 5 aromatic rings. The third-order valence-corrected chi connectivity index (χ3v) is 6.25. The van der Waals surface area contributed by atoms with E-state index in [2.05, 4.69) is 35.7 Å². The highest BCUT2D eigenvalue weighted by Gasteiger charge is 2.34. The predicted octanol–water partition coefficient (Wildman–Crippen LogP) is 2.89. The SMILES string of the molecule is C[C@H]1C[C@H](c2ncc(-c3cn[nH]c3)[nH]2)n2c1nc(-c1c(-n3cnnn3)ccc(Cl)c1F)cc2=O. The Kier molecular flexibility index (Phi) is 4.62. The van der Waals surface area contributed by atoms with E-state index in [-0.39, 0.29) is 33.8 Å². The van der Waals surface area contributed by atoms with Crippen molar-refractivity contribution in [3.05, 3.63) is 76.0 Å². The van der Waals surface area contributed by atoms with E-state index in [1.165, 1.54) is 23.1 Å². The summed E-state index contributed by atoms with van der Waals surface area (Å²) in [6, 6.07) is 3.96. The Morgan fingerprint density at radius 1 is 1.26 bits per heavy atom.